The van der Waals surface area contributed by atoms with Gasteiger partial charge in [-0.05, 0) is 16.7 Å². The Labute approximate surface area is 203 Å². The molecule has 0 bridgehead atoms. The summed E-state index contributed by atoms with van der Waals surface area (Å²) < 4.78 is 2.23. The summed E-state index contributed by atoms with van der Waals surface area (Å²) >= 11 is 0. The molecule has 0 aliphatic rings. The maximum Gasteiger partial charge on any atom is 0.332 e. The van der Waals surface area contributed by atoms with Crippen LogP contribution in [0, 0.1) is 0 Å². The highest BCUT2D eigenvalue weighted by atomic mass is 16.2. The number of hydrogen-bond donors (Lipinski definition) is 1. The second-order valence-electron chi connectivity index (χ2n) is 8.52. The molecule has 4 rings (SSSR count). The summed E-state index contributed by atoms with van der Waals surface area (Å²) in [7, 11) is 1.37. The number of benzene rings is 3. The largest absolute Gasteiger partial charge is 0.384 e. The average Bonchev–Trinajstić information content (AvgIpc) is 2.87. The van der Waals surface area contributed by atoms with Gasteiger partial charge in [0.15, 0.2) is 5.78 Å². The first-order valence-corrected chi connectivity index (χ1v) is 11.4. The molecule has 35 heavy (non-hydrogen) atoms. The molecular formula is C28H28N4O3. The van der Waals surface area contributed by atoms with Crippen molar-refractivity contribution in [3.8, 4) is 0 Å². The van der Waals surface area contributed by atoms with Crippen molar-refractivity contribution in [2.75, 3.05) is 12.3 Å². The van der Waals surface area contributed by atoms with Crippen LogP contribution in [0.4, 0.5) is 5.82 Å². The van der Waals surface area contributed by atoms with Crippen LogP contribution < -0.4 is 17.0 Å². The third-order valence-electron chi connectivity index (χ3n) is 5.91. The summed E-state index contributed by atoms with van der Waals surface area (Å²) in [5.74, 6) is -0.525. The molecule has 0 aliphatic heterocycles. The average molecular weight is 469 g/mol. The Morgan fingerprint density at radius 3 is 1.71 bits per heavy atom. The Hall–Kier alpha value is -4.23. The monoisotopic (exact) mass is 468 g/mol. The van der Waals surface area contributed by atoms with Crippen LogP contribution in [-0.2, 0) is 26.7 Å². The number of carbonyl (C=O) groups excluding carboxylic acids is 1. The summed E-state index contributed by atoms with van der Waals surface area (Å²) in [6.45, 7) is 1.18. The van der Waals surface area contributed by atoms with Crippen molar-refractivity contribution < 1.29 is 4.79 Å². The minimum atomic E-state index is -0.679. The van der Waals surface area contributed by atoms with Crippen LogP contribution in [0.25, 0.3) is 0 Å². The van der Waals surface area contributed by atoms with Crippen LogP contribution in [0.15, 0.2) is 101 Å². The van der Waals surface area contributed by atoms with E-state index in [0.717, 1.165) is 21.3 Å². The van der Waals surface area contributed by atoms with Crippen molar-refractivity contribution in [1.82, 2.24) is 14.0 Å². The van der Waals surface area contributed by atoms with E-state index in [0.29, 0.717) is 13.1 Å². The van der Waals surface area contributed by atoms with E-state index in [1.54, 1.807) is 0 Å². The van der Waals surface area contributed by atoms with E-state index in [1.165, 1.54) is 11.6 Å². The summed E-state index contributed by atoms with van der Waals surface area (Å²) in [6.07, 6.45) is 0. The second-order valence-corrected chi connectivity index (χ2v) is 8.52. The molecular weight excluding hydrogens is 440 g/mol. The van der Waals surface area contributed by atoms with Gasteiger partial charge >= 0.3 is 5.69 Å². The van der Waals surface area contributed by atoms with Crippen molar-refractivity contribution in [2.45, 2.75) is 19.6 Å². The standard InChI is InChI=1S/C28H28N4O3/c1-30-27(34)25(26(29)32(28(30)35)19-23-15-9-4-10-16-23)24(33)20-31(17-21-11-5-2-6-12-21)18-22-13-7-3-8-14-22/h2-16H,17-20,29H2,1H3. The molecule has 0 radical (unpaired) electrons. The van der Waals surface area contributed by atoms with Crippen LogP contribution in [0.3, 0.4) is 0 Å². The maximum atomic E-state index is 13.5. The van der Waals surface area contributed by atoms with Crippen molar-refractivity contribution >= 4 is 11.6 Å². The lowest BCUT2D eigenvalue weighted by Crippen LogP contribution is -2.44. The van der Waals surface area contributed by atoms with Gasteiger partial charge in [0.05, 0.1) is 13.1 Å². The van der Waals surface area contributed by atoms with Crippen molar-refractivity contribution in [2.24, 2.45) is 7.05 Å². The van der Waals surface area contributed by atoms with Gasteiger partial charge in [-0.25, -0.2) is 4.79 Å². The lowest BCUT2D eigenvalue weighted by molar-refractivity contribution is 0.0918. The molecule has 178 valence electrons. The van der Waals surface area contributed by atoms with Crippen LogP contribution in [-0.4, -0.2) is 26.4 Å². The zero-order valence-corrected chi connectivity index (χ0v) is 19.6. The third kappa shape index (κ3) is 5.65. The van der Waals surface area contributed by atoms with Gasteiger partial charge in [0.2, 0.25) is 0 Å². The maximum absolute atomic E-state index is 13.5. The molecule has 2 N–H and O–H groups in total. The Balaban J connectivity index is 1.67. The third-order valence-corrected chi connectivity index (χ3v) is 5.91. The first-order chi connectivity index (χ1) is 16.9. The summed E-state index contributed by atoms with van der Waals surface area (Å²) in [5.41, 5.74) is 7.83. The predicted molar refractivity (Wildman–Crippen MR) is 137 cm³/mol. The summed E-state index contributed by atoms with van der Waals surface area (Å²) in [4.78, 5) is 41.3. The molecule has 0 saturated heterocycles. The molecule has 0 aliphatic carbocycles. The number of rotatable bonds is 9. The molecule has 0 amide bonds. The number of nitrogens with zero attached hydrogens (tertiary/aromatic N) is 3. The molecule has 7 heteroatoms. The number of nitrogen functional groups attached to an aromatic ring is 1. The van der Waals surface area contributed by atoms with Crippen LogP contribution in [0.2, 0.25) is 0 Å². The Morgan fingerprint density at radius 2 is 1.23 bits per heavy atom. The van der Waals surface area contributed by atoms with Gasteiger partial charge in [0.25, 0.3) is 5.56 Å². The predicted octanol–water partition coefficient (Wildman–Crippen LogP) is 3.06. The van der Waals surface area contributed by atoms with Gasteiger partial charge in [-0.1, -0.05) is 91.0 Å². The Morgan fingerprint density at radius 1 is 0.771 bits per heavy atom. The van der Waals surface area contributed by atoms with E-state index < -0.39 is 17.0 Å². The van der Waals surface area contributed by atoms with E-state index in [2.05, 4.69) is 0 Å². The first-order valence-electron chi connectivity index (χ1n) is 11.4. The van der Waals surface area contributed by atoms with Gasteiger partial charge in [-0.15, -0.1) is 0 Å². The summed E-state index contributed by atoms with van der Waals surface area (Å²) in [6, 6.07) is 29.0. The van der Waals surface area contributed by atoms with E-state index >= 15 is 0 Å². The normalized spacial score (nSPS) is 11.0. The Bertz CT molecular complexity index is 1370. The lowest BCUT2D eigenvalue weighted by Gasteiger charge is -2.23. The second kappa shape index (κ2) is 10.8. The van der Waals surface area contributed by atoms with E-state index in [4.69, 9.17) is 5.73 Å². The summed E-state index contributed by atoms with van der Waals surface area (Å²) in [5, 5.41) is 0. The molecule has 1 aromatic heterocycles. The zero-order chi connectivity index (χ0) is 24.8. The van der Waals surface area contributed by atoms with Gasteiger partial charge in [-0.3, -0.25) is 23.6 Å². The van der Waals surface area contributed by atoms with Gasteiger partial charge in [0.1, 0.15) is 11.4 Å². The van der Waals surface area contributed by atoms with Crippen molar-refractivity contribution in [1.29, 1.82) is 0 Å². The van der Waals surface area contributed by atoms with Gasteiger partial charge in [0, 0.05) is 20.1 Å². The highest BCUT2D eigenvalue weighted by Gasteiger charge is 2.23. The van der Waals surface area contributed by atoms with Crippen LogP contribution >= 0.6 is 0 Å². The number of hydrogen-bond acceptors (Lipinski definition) is 5. The zero-order valence-electron chi connectivity index (χ0n) is 19.6. The topological polar surface area (TPSA) is 90.3 Å². The molecule has 0 fully saturated rings. The van der Waals surface area contributed by atoms with Gasteiger partial charge < -0.3 is 5.73 Å². The smallest absolute Gasteiger partial charge is 0.332 e. The highest BCUT2D eigenvalue weighted by molar-refractivity contribution is 6.01. The fourth-order valence-electron chi connectivity index (χ4n) is 4.10. The number of anilines is 1. The van der Waals surface area contributed by atoms with Gasteiger partial charge in [-0.2, -0.15) is 0 Å². The fourth-order valence-corrected chi connectivity index (χ4v) is 4.10. The van der Waals surface area contributed by atoms with Crippen molar-refractivity contribution in [3.63, 3.8) is 0 Å². The molecule has 7 nitrogen and oxygen atoms in total. The van der Waals surface area contributed by atoms with Crippen LogP contribution in [0.5, 0.6) is 0 Å². The van der Waals surface area contributed by atoms with Crippen LogP contribution in [0.1, 0.15) is 27.0 Å². The Kier molecular flexibility index (Phi) is 7.38. The van der Waals surface area contributed by atoms with E-state index in [-0.39, 0.29) is 24.5 Å². The minimum absolute atomic E-state index is 0.0211. The first kappa shape index (κ1) is 23.9. The SMILES string of the molecule is Cn1c(=O)c(C(=O)CN(Cc2ccccc2)Cc2ccccc2)c(N)n(Cc2ccccc2)c1=O. The molecule has 0 atom stereocenters. The minimum Gasteiger partial charge on any atom is -0.384 e. The van der Waals surface area contributed by atoms with Crippen molar-refractivity contribution in [3.05, 3.63) is 134 Å². The number of carbonyl (C=O) groups is 1. The molecule has 0 spiro atoms. The quantitative estimate of drug-likeness (QED) is 0.381. The molecule has 0 unspecified atom stereocenters. The number of ketones is 1. The van der Waals surface area contributed by atoms with E-state index in [9.17, 15) is 14.4 Å². The molecule has 4 aromatic rings. The molecule has 0 saturated carbocycles. The fraction of sp³-hybridized carbons (Fsp3) is 0.179. The lowest BCUT2D eigenvalue weighted by atomic mass is 10.1. The number of Topliss-reactive ketones (excluding diaryl/α,β-unsaturated/α-hetero) is 1. The molecule has 1 heterocycles. The number of nitrogens with two attached hydrogens (primary N) is 1. The van der Waals surface area contributed by atoms with E-state index in [1.807, 2.05) is 95.9 Å². The number of aromatic nitrogens is 2. The molecule has 3 aromatic carbocycles. The highest BCUT2D eigenvalue weighted by Crippen LogP contribution is 2.14.